The fourth-order valence-electron chi connectivity index (χ4n) is 1.21. The van der Waals surface area contributed by atoms with E-state index < -0.39 is 0 Å². The van der Waals surface area contributed by atoms with Crippen molar-refractivity contribution in [2.45, 2.75) is 6.92 Å². The van der Waals surface area contributed by atoms with E-state index in [0.717, 1.165) is 26.1 Å². The summed E-state index contributed by atoms with van der Waals surface area (Å²) in [6, 6.07) is 5.67. The fourth-order valence-corrected chi connectivity index (χ4v) is 1.97. The number of halogens is 1. The Bertz CT molecular complexity index is 519. The molecule has 2 aromatic rings. The van der Waals surface area contributed by atoms with Crippen LogP contribution >= 0.6 is 15.9 Å². The third-order valence-electron chi connectivity index (χ3n) is 2.03. The zero-order chi connectivity index (χ0) is 11.5. The zero-order valence-electron chi connectivity index (χ0n) is 8.64. The second-order valence-electron chi connectivity index (χ2n) is 3.23. The molecule has 3 nitrogen and oxygen atoms in total. The van der Waals surface area contributed by atoms with Crippen molar-refractivity contribution in [3.8, 4) is 11.5 Å². The first-order valence-corrected chi connectivity index (χ1v) is 6.68. The van der Waals surface area contributed by atoms with Gasteiger partial charge >= 0.3 is 111 Å². The number of aryl methyl sites for hydroxylation is 1. The average Bonchev–Trinajstić information content (AvgIpc) is 2.27. The summed E-state index contributed by atoms with van der Waals surface area (Å²) in [6.07, 6.45) is 3.51. The molecule has 1 unspecified atom stereocenters. The summed E-state index contributed by atoms with van der Waals surface area (Å²) < 4.78 is 7.60. The Hall–Kier alpha value is -0.862. The molecule has 2 heterocycles. The van der Waals surface area contributed by atoms with E-state index >= 15 is 0 Å². The molecule has 0 radical (unpaired) electrons. The van der Waals surface area contributed by atoms with Gasteiger partial charge in [-0.1, -0.05) is 0 Å². The molecule has 0 amide bonds. The first-order chi connectivity index (χ1) is 7.66. The normalized spacial score (nSPS) is 10.2. The van der Waals surface area contributed by atoms with Crippen LogP contribution in [-0.4, -0.2) is 26.8 Å². The standard InChI is InChI=1S/C11H10AsBrN2O/c1-7-9(3-2-4-14-7)16-10-5-8(13)6-15-11(10)12/h2-6H,12H2,1H3. The first-order valence-electron chi connectivity index (χ1n) is 4.67. The minimum atomic E-state index is 0.765. The molecule has 0 saturated carbocycles. The van der Waals surface area contributed by atoms with Gasteiger partial charge in [0.15, 0.2) is 0 Å². The summed E-state index contributed by atoms with van der Waals surface area (Å²) in [7, 11) is 0. The predicted molar refractivity (Wildman–Crippen MR) is 69.2 cm³/mol. The van der Waals surface area contributed by atoms with Gasteiger partial charge < -0.3 is 0 Å². The topological polar surface area (TPSA) is 35.0 Å². The van der Waals surface area contributed by atoms with Crippen LogP contribution in [-0.2, 0) is 0 Å². The van der Waals surface area contributed by atoms with E-state index in [9.17, 15) is 0 Å². The average molecular weight is 341 g/mol. The van der Waals surface area contributed by atoms with E-state index in [1.807, 2.05) is 25.1 Å². The van der Waals surface area contributed by atoms with E-state index in [0.29, 0.717) is 0 Å². The zero-order valence-corrected chi connectivity index (χ0v) is 12.7. The molecule has 2 rings (SSSR count). The molecule has 16 heavy (non-hydrogen) atoms. The van der Waals surface area contributed by atoms with Gasteiger partial charge in [-0.3, -0.25) is 0 Å². The van der Waals surface area contributed by atoms with Crippen molar-refractivity contribution in [2.75, 3.05) is 0 Å². The van der Waals surface area contributed by atoms with Crippen LogP contribution in [0.1, 0.15) is 5.69 Å². The third-order valence-corrected chi connectivity index (χ3v) is 3.37. The van der Waals surface area contributed by atoms with Gasteiger partial charge in [0, 0.05) is 0 Å². The maximum atomic E-state index is 5.78. The molecular formula is C11H10AsBrN2O. The quantitative estimate of drug-likeness (QED) is 0.779. The van der Waals surface area contributed by atoms with E-state index in [1.165, 1.54) is 16.9 Å². The number of hydrogen-bond acceptors (Lipinski definition) is 3. The molecule has 0 bridgehead atoms. The number of ether oxygens (including phenoxy) is 1. The number of aromatic nitrogens is 2. The Morgan fingerprint density at radius 2 is 2.12 bits per heavy atom. The summed E-state index contributed by atoms with van der Waals surface area (Å²) in [6.45, 7) is 1.92. The van der Waals surface area contributed by atoms with Crippen LogP contribution in [0.3, 0.4) is 0 Å². The van der Waals surface area contributed by atoms with Crippen molar-refractivity contribution in [3.63, 3.8) is 0 Å². The van der Waals surface area contributed by atoms with Gasteiger partial charge in [0.25, 0.3) is 0 Å². The van der Waals surface area contributed by atoms with Gasteiger partial charge in [-0.15, -0.1) is 0 Å². The Kier molecular flexibility index (Phi) is 3.62. The van der Waals surface area contributed by atoms with Gasteiger partial charge in [0.05, 0.1) is 0 Å². The molecule has 0 fully saturated rings. The summed E-state index contributed by atoms with van der Waals surface area (Å²) in [5.74, 6) is 1.53. The second kappa shape index (κ2) is 4.98. The SMILES string of the molecule is Cc1ncccc1Oc1cc(Br)cnc1[AsH2]. The fraction of sp³-hybridized carbons (Fsp3) is 0.0909. The molecule has 82 valence electrons. The monoisotopic (exact) mass is 340 g/mol. The molecule has 2 aromatic heterocycles. The first kappa shape index (κ1) is 11.6. The van der Waals surface area contributed by atoms with Crippen molar-refractivity contribution in [3.05, 3.63) is 40.8 Å². The van der Waals surface area contributed by atoms with Crippen LogP contribution in [0.2, 0.25) is 0 Å². The van der Waals surface area contributed by atoms with Crippen LogP contribution in [0.5, 0.6) is 11.5 Å². The summed E-state index contributed by atoms with van der Waals surface area (Å²) >= 11 is 4.81. The Labute approximate surface area is 111 Å². The Morgan fingerprint density at radius 1 is 1.31 bits per heavy atom. The van der Waals surface area contributed by atoms with Crippen molar-refractivity contribution in [2.24, 2.45) is 0 Å². The summed E-state index contributed by atoms with van der Waals surface area (Å²) in [5.41, 5.74) is 0.870. The van der Waals surface area contributed by atoms with E-state index in [2.05, 4.69) is 25.9 Å². The third kappa shape index (κ3) is 2.63. The van der Waals surface area contributed by atoms with Crippen molar-refractivity contribution in [1.29, 1.82) is 0 Å². The number of rotatable bonds is 2. The second-order valence-corrected chi connectivity index (χ2v) is 5.29. The van der Waals surface area contributed by atoms with E-state index in [1.54, 1.807) is 12.4 Å². The molecule has 5 heteroatoms. The molecule has 0 aliphatic heterocycles. The van der Waals surface area contributed by atoms with Gasteiger partial charge in [-0.25, -0.2) is 0 Å². The minimum absolute atomic E-state index is 0.765. The number of nitrogens with zero attached hydrogens (tertiary/aromatic N) is 2. The molecule has 0 aromatic carbocycles. The van der Waals surface area contributed by atoms with Crippen LogP contribution in [0.25, 0.3) is 0 Å². The maximum absolute atomic E-state index is 5.78. The Morgan fingerprint density at radius 3 is 2.88 bits per heavy atom. The summed E-state index contributed by atoms with van der Waals surface area (Å²) in [4.78, 5) is 8.42. The summed E-state index contributed by atoms with van der Waals surface area (Å²) in [5, 5.41) is 0. The van der Waals surface area contributed by atoms with E-state index in [4.69, 9.17) is 4.74 Å². The van der Waals surface area contributed by atoms with Gasteiger partial charge in [0.2, 0.25) is 0 Å². The number of hydrogen-bond donors (Lipinski definition) is 0. The van der Waals surface area contributed by atoms with Crippen molar-refractivity contribution >= 4 is 37.3 Å². The molecular weight excluding hydrogens is 331 g/mol. The van der Waals surface area contributed by atoms with E-state index in [-0.39, 0.29) is 0 Å². The molecule has 0 spiro atoms. The molecule has 0 saturated heterocycles. The van der Waals surface area contributed by atoms with Crippen LogP contribution in [0.4, 0.5) is 0 Å². The van der Waals surface area contributed by atoms with Crippen LogP contribution in [0, 0.1) is 6.92 Å². The van der Waals surface area contributed by atoms with Crippen LogP contribution < -0.4 is 9.22 Å². The Balaban J connectivity index is 2.34. The predicted octanol–water partition coefficient (Wildman–Crippen LogP) is 1.60. The van der Waals surface area contributed by atoms with Gasteiger partial charge in [0.1, 0.15) is 0 Å². The number of pyridine rings is 2. The molecule has 0 aliphatic rings. The molecule has 0 aliphatic carbocycles. The molecule has 1 atom stereocenters. The van der Waals surface area contributed by atoms with Crippen LogP contribution in [0.15, 0.2) is 35.1 Å². The van der Waals surface area contributed by atoms with Gasteiger partial charge in [-0.2, -0.15) is 0 Å². The van der Waals surface area contributed by atoms with Crippen molar-refractivity contribution < 1.29 is 4.74 Å². The van der Waals surface area contributed by atoms with Crippen molar-refractivity contribution in [1.82, 2.24) is 9.97 Å². The molecule has 0 N–H and O–H groups in total. The van der Waals surface area contributed by atoms with Gasteiger partial charge in [-0.05, 0) is 0 Å².